The van der Waals surface area contributed by atoms with Crippen molar-refractivity contribution in [2.45, 2.75) is 18.7 Å². The number of hydrogen-bond acceptors (Lipinski definition) is 5. The molecule has 8 nitrogen and oxygen atoms in total. The Morgan fingerprint density at radius 2 is 1.56 bits per heavy atom. The molecule has 0 aliphatic heterocycles. The van der Waals surface area contributed by atoms with Crippen LogP contribution in [0.15, 0.2) is 77.7 Å². The van der Waals surface area contributed by atoms with Crippen molar-refractivity contribution in [2.24, 2.45) is 0 Å². The Morgan fingerprint density at radius 3 is 2.31 bits per heavy atom. The zero-order valence-electron chi connectivity index (χ0n) is 17.5. The van der Waals surface area contributed by atoms with Gasteiger partial charge in [-0.2, -0.15) is 0 Å². The highest BCUT2D eigenvalue weighted by Crippen LogP contribution is 2.23. The van der Waals surface area contributed by atoms with Crippen molar-refractivity contribution >= 4 is 44.0 Å². The predicted octanol–water partition coefficient (Wildman–Crippen LogP) is 4.69. The Kier molecular flexibility index (Phi) is 5.74. The fraction of sp³-hybridized carbons (Fsp3) is 0.0870. The first-order valence-corrected chi connectivity index (χ1v) is 11.3. The van der Waals surface area contributed by atoms with Gasteiger partial charge >= 0.3 is 6.03 Å². The van der Waals surface area contributed by atoms with E-state index in [9.17, 15) is 13.2 Å². The summed E-state index contributed by atoms with van der Waals surface area (Å²) in [6, 6.07) is 20.4. The van der Waals surface area contributed by atoms with Crippen LogP contribution >= 0.6 is 0 Å². The Hall–Kier alpha value is -3.98. The zero-order chi connectivity index (χ0) is 22.7. The van der Waals surface area contributed by atoms with E-state index in [1.54, 1.807) is 19.9 Å². The number of amides is 2. The quantitative estimate of drug-likeness (QED) is 0.411. The molecular formula is C23H21N5O3S. The van der Waals surface area contributed by atoms with Crippen LogP contribution in [0.25, 0.3) is 10.8 Å². The number of carbonyl (C=O) groups excluding carboxylic acids is 1. The van der Waals surface area contributed by atoms with Crippen LogP contribution in [0, 0.1) is 13.8 Å². The number of fused-ring (bicyclic) bond motifs is 1. The van der Waals surface area contributed by atoms with Gasteiger partial charge in [0.2, 0.25) is 0 Å². The molecule has 0 atom stereocenters. The molecule has 0 spiro atoms. The summed E-state index contributed by atoms with van der Waals surface area (Å²) in [5, 5.41) is 7.48. The van der Waals surface area contributed by atoms with Crippen LogP contribution in [0.2, 0.25) is 0 Å². The molecule has 0 aliphatic rings. The van der Waals surface area contributed by atoms with E-state index in [2.05, 4.69) is 25.3 Å². The third-order valence-electron chi connectivity index (χ3n) is 4.67. The summed E-state index contributed by atoms with van der Waals surface area (Å²) in [5.74, 6) is 0.672. The first-order valence-electron chi connectivity index (χ1n) is 9.81. The molecule has 9 heteroatoms. The second-order valence-corrected chi connectivity index (χ2v) is 8.86. The number of urea groups is 1. The van der Waals surface area contributed by atoms with Crippen LogP contribution in [0.4, 0.5) is 22.0 Å². The van der Waals surface area contributed by atoms with Gasteiger partial charge in [-0.15, -0.1) is 0 Å². The number of sulfonamides is 1. The molecule has 0 saturated carbocycles. The van der Waals surface area contributed by atoms with E-state index in [0.29, 0.717) is 22.9 Å². The molecule has 32 heavy (non-hydrogen) atoms. The maximum Gasteiger partial charge on any atom is 0.323 e. The summed E-state index contributed by atoms with van der Waals surface area (Å²) in [4.78, 5) is 20.7. The average Bonchev–Trinajstić information content (AvgIpc) is 2.73. The fourth-order valence-corrected chi connectivity index (χ4v) is 4.29. The lowest BCUT2D eigenvalue weighted by atomic mass is 10.1. The lowest BCUT2D eigenvalue weighted by Gasteiger charge is -2.11. The molecule has 4 aromatic rings. The van der Waals surface area contributed by atoms with Crippen LogP contribution in [-0.4, -0.2) is 24.4 Å². The van der Waals surface area contributed by atoms with E-state index in [0.717, 1.165) is 10.8 Å². The second kappa shape index (κ2) is 8.64. The molecule has 0 unspecified atom stereocenters. The van der Waals surface area contributed by atoms with Crippen LogP contribution in [0.1, 0.15) is 11.5 Å². The summed E-state index contributed by atoms with van der Waals surface area (Å²) in [6.07, 6.45) is 0. The van der Waals surface area contributed by atoms with Gasteiger partial charge in [0.1, 0.15) is 11.6 Å². The molecule has 0 bridgehead atoms. The minimum absolute atomic E-state index is 0.0476. The molecule has 3 aromatic carbocycles. The Bertz CT molecular complexity index is 1380. The highest BCUT2D eigenvalue weighted by atomic mass is 32.2. The van der Waals surface area contributed by atoms with Crippen LogP contribution in [0.3, 0.4) is 0 Å². The Balaban J connectivity index is 1.45. The van der Waals surface area contributed by atoms with Gasteiger partial charge in [0, 0.05) is 22.8 Å². The number of nitrogens with one attached hydrogen (secondary N) is 3. The summed E-state index contributed by atoms with van der Waals surface area (Å²) in [7, 11) is -3.83. The zero-order valence-corrected chi connectivity index (χ0v) is 18.3. The standard InChI is InChI=1S/C23H21N5O3S/c1-15-14-22(25-16(2)24-15)28-32(30,31)19-12-10-18(11-13-19)26-23(29)27-21-9-5-7-17-6-3-4-8-20(17)21/h3-14H,1-2H3,(H,24,25,28)(H2,26,27,29). The first kappa shape index (κ1) is 21.3. The molecular weight excluding hydrogens is 426 g/mol. The van der Waals surface area contributed by atoms with Crippen molar-refractivity contribution in [1.82, 2.24) is 9.97 Å². The largest absolute Gasteiger partial charge is 0.323 e. The molecule has 0 radical (unpaired) electrons. The number of aryl methyl sites for hydroxylation is 2. The second-order valence-electron chi connectivity index (χ2n) is 7.18. The summed E-state index contributed by atoms with van der Waals surface area (Å²) in [6.45, 7) is 3.45. The summed E-state index contributed by atoms with van der Waals surface area (Å²) < 4.78 is 27.8. The van der Waals surface area contributed by atoms with Gasteiger partial charge in [-0.05, 0) is 49.6 Å². The normalized spacial score (nSPS) is 11.2. The van der Waals surface area contributed by atoms with Crippen molar-refractivity contribution in [3.05, 3.63) is 84.3 Å². The van der Waals surface area contributed by atoms with E-state index in [-0.39, 0.29) is 10.7 Å². The van der Waals surface area contributed by atoms with Crippen LogP contribution in [-0.2, 0) is 10.0 Å². The van der Waals surface area contributed by atoms with Crippen molar-refractivity contribution in [2.75, 3.05) is 15.4 Å². The maximum absolute atomic E-state index is 12.7. The molecule has 4 rings (SSSR count). The van der Waals surface area contributed by atoms with E-state index in [4.69, 9.17) is 0 Å². The van der Waals surface area contributed by atoms with Crippen molar-refractivity contribution in [3.63, 3.8) is 0 Å². The van der Waals surface area contributed by atoms with Crippen molar-refractivity contribution < 1.29 is 13.2 Å². The molecule has 0 saturated heterocycles. The van der Waals surface area contributed by atoms with Gasteiger partial charge in [-0.25, -0.2) is 23.2 Å². The Labute approximate surface area is 185 Å². The molecule has 0 aliphatic carbocycles. The number of carbonyl (C=O) groups is 1. The van der Waals surface area contributed by atoms with Gasteiger partial charge in [0.15, 0.2) is 0 Å². The van der Waals surface area contributed by atoms with Gasteiger partial charge in [0.25, 0.3) is 10.0 Å². The third kappa shape index (κ3) is 4.84. The minimum atomic E-state index is -3.83. The summed E-state index contributed by atoms with van der Waals surface area (Å²) >= 11 is 0. The minimum Gasteiger partial charge on any atom is -0.308 e. The van der Waals surface area contributed by atoms with Crippen LogP contribution < -0.4 is 15.4 Å². The molecule has 3 N–H and O–H groups in total. The summed E-state index contributed by atoms with van der Waals surface area (Å²) in [5.41, 5.74) is 1.79. The Morgan fingerprint density at radius 1 is 0.844 bits per heavy atom. The highest BCUT2D eigenvalue weighted by molar-refractivity contribution is 7.92. The molecule has 1 aromatic heterocycles. The van der Waals surface area contributed by atoms with Crippen molar-refractivity contribution in [1.29, 1.82) is 0 Å². The smallest absolute Gasteiger partial charge is 0.308 e. The lowest BCUT2D eigenvalue weighted by Crippen LogP contribution is -2.19. The number of rotatable bonds is 5. The van der Waals surface area contributed by atoms with Gasteiger partial charge < -0.3 is 10.6 Å². The molecule has 0 fully saturated rings. The molecule has 1 heterocycles. The van der Waals surface area contributed by atoms with Crippen molar-refractivity contribution in [3.8, 4) is 0 Å². The lowest BCUT2D eigenvalue weighted by molar-refractivity contribution is 0.262. The number of benzene rings is 3. The SMILES string of the molecule is Cc1cc(NS(=O)(=O)c2ccc(NC(=O)Nc3cccc4ccccc34)cc2)nc(C)n1. The molecule has 162 valence electrons. The third-order valence-corrected chi connectivity index (χ3v) is 6.04. The van der Waals surface area contributed by atoms with Crippen LogP contribution in [0.5, 0.6) is 0 Å². The van der Waals surface area contributed by atoms with E-state index < -0.39 is 16.1 Å². The van der Waals surface area contributed by atoms with Gasteiger partial charge in [-0.3, -0.25) is 4.72 Å². The van der Waals surface area contributed by atoms with Gasteiger partial charge in [-0.1, -0.05) is 36.4 Å². The number of anilines is 3. The van der Waals surface area contributed by atoms with E-state index in [1.165, 1.54) is 24.3 Å². The number of aromatic nitrogens is 2. The molecule has 2 amide bonds. The average molecular weight is 448 g/mol. The number of nitrogens with zero attached hydrogens (tertiary/aromatic N) is 2. The fourth-order valence-electron chi connectivity index (χ4n) is 3.30. The maximum atomic E-state index is 12.7. The van der Waals surface area contributed by atoms with Gasteiger partial charge in [0.05, 0.1) is 10.6 Å². The predicted molar refractivity (Wildman–Crippen MR) is 125 cm³/mol. The van der Waals surface area contributed by atoms with E-state index in [1.807, 2.05) is 42.5 Å². The highest BCUT2D eigenvalue weighted by Gasteiger charge is 2.16. The van der Waals surface area contributed by atoms with E-state index >= 15 is 0 Å². The number of hydrogen-bond donors (Lipinski definition) is 3. The topological polar surface area (TPSA) is 113 Å². The monoisotopic (exact) mass is 447 g/mol. The first-order chi connectivity index (χ1) is 15.3.